The second-order valence-corrected chi connectivity index (χ2v) is 8.67. The summed E-state index contributed by atoms with van der Waals surface area (Å²) >= 11 is 1.21. The van der Waals surface area contributed by atoms with Crippen molar-refractivity contribution in [1.82, 2.24) is 9.55 Å². The number of nitrogens with zero attached hydrogens (tertiary/aromatic N) is 2. The van der Waals surface area contributed by atoms with Gasteiger partial charge in [-0.3, -0.25) is 14.2 Å². The number of carbonyl (C=O) groups is 1. The van der Waals surface area contributed by atoms with Crippen LogP contribution < -0.4 is 20.3 Å². The topological polar surface area (TPSA) is 82.5 Å². The van der Waals surface area contributed by atoms with Crippen molar-refractivity contribution in [3.63, 3.8) is 0 Å². The van der Waals surface area contributed by atoms with Gasteiger partial charge in [-0.2, -0.15) is 0 Å². The summed E-state index contributed by atoms with van der Waals surface area (Å²) in [5, 5.41) is 3.84. The lowest BCUT2D eigenvalue weighted by Gasteiger charge is -2.15. The number of para-hydroxylation sites is 1. The number of nitrogens with one attached hydrogen (secondary N) is 1. The molecular weight excluding hydrogens is 450 g/mol. The van der Waals surface area contributed by atoms with Crippen LogP contribution in [0.5, 0.6) is 11.5 Å². The summed E-state index contributed by atoms with van der Waals surface area (Å²) in [5.74, 6) is 0.941. The highest BCUT2D eigenvalue weighted by atomic mass is 32.2. The number of aryl methyl sites for hydroxylation is 2. The molecule has 1 heterocycles. The fraction of sp³-hybridized carbons (Fsp3) is 0.192. The molecule has 34 heavy (non-hydrogen) atoms. The molecule has 1 N–H and O–H groups in total. The predicted molar refractivity (Wildman–Crippen MR) is 136 cm³/mol. The maximum Gasteiger partial charge on any atom is 0.266 e. The van der Waals surface area contributed by atoms with Gasteiger partial charge in [0.1, 0.15) is 0 Å². The van der Waals surface area contributed by atoms with E-state index in [2.05, 4.69) is 5.32 Å². The summed E-state index contributed by atoms with van der Waals surface area (Å²) in [6, 6.07) is 18.2. The molecular formula is C26H25N3O4S. The van der Waals surface area contributed by atoms with Gasteiger partial charge in [-0.05, 0) is 61.4 Å². The molecule has 3 aromatic carbocycles. The third-order valence-corrected chi connectivity index (χ3v) is 6.43. The second kappa shape index (κ2) is 10.0. The molecule has 0 aliphatic carbocycles. The number of rotatable bonds is 7. The summed E-state index contributed by atoms with van der Waals surface area (Å²) in [7, 11) is 3.09. The van der Waals surface area contributed by atoms with E-state index in [0.717, 1.165) is 11.1 Å². The quantitative estimate of drug-likeness (QED) is 0.307. The minimum atomic E-state index is -0.230. The van der Waals surface area contributed by atoms with Crippen LogP contribution in [0.4, 0.5) is 5.69 Å². The lowest BCUT2D eigenvalue weighted by molar-refractivity contribution is -0.113. The highest BCUT2D eigenvalue weighted by Gasteiger charge is 2.16. The Morgan fingerprint density at radius 1 is 0.971 bits per heavy atom. The van der Waals surface area contributed by atoms with Crippen LogP contribution in [0.1, 0.15) is 11.1 Å². The average molecular weight is 476 g/mol. The van der Waals surface area contributed by atoms with E-state index in [4.69, 9.17) is 14.5 Å². The van der Waals surface area contributed by atoms with Gasteiger partial charge in [-0.25, -0.2) is 4.98 Å². The van der Waals surface area contributed by atoms with Crippen LogP contribution in [-0.2, 0) is 4.79 Å². The van der Waals surface area contributed by atoms with E-state index in [-0.39, 0.29) is 17.2 Å². The van der Waals surface area contributed by atoms with E-state index in [1.807, 2.05) is 44.2 Å². The number of aromatic nitrogens is 2. The van der Waals surface area contributed by atoms with Crippen molar-refractivity contribution in [2.75, 3.05) is 25.3 Å². The molecule has 0 saturated heterocycles. The predicted octanol–water partition coefficient (Wildman–Crippen LogP) is 4.75. The number of benzene rings is 3. The van der Waals surface area contributed by atoms with E-state index in [1.165, 1.54) is 18.9 Å². The molecule has 7 nitrogen and oxygen atoms in total. The Morgan fingerprint density at radius 3 is 2.47 bits per heavy atom. The van der Waals surface area contributed by atoms with Crippen molar-refractivity contribution in [2.24, 2.45) is 0 Å². The Morgan fingerprint density at radius 2 is 1.74 bits per heavy atom. The van der Waals surface area contributed by atoms with Crippen molar-refractivity contribution in [3.8, 4) is 17.2 Å². The molecule has 0 fully saturated rings. The molecule has 0 unspecified atom stereocenters. The normalized spacial score (nSPS) is 10.8. The Kier molecular flexibility index (Phi) is 6.88. The van der Waals surface area contributed by atoms with Crippen LogP contribution in [0.15, 0.2) is 70.6 Å². The van der Waals surface area contributed by atoms with E-state index < -0.39 is 0 Å². The van der Waals surface area contributed by atoms with Crippen LogP contribution in [0, 0.1) is 13.8 Å². The molecule has 174 valence electrons. The van der Waals surface area contributed by atoms with Crippen LogP contribution in [-0.4, -0.2) is 35.4 Å². The number of thioether (sulfide) groups is 1. The van der Waals surface area contributed by atoms with Crippen LogP contribution in [0.2, 0.25) is 0 Å². The van der Waals surface area contributed by atoms with Crippen LogP contribution in [0.25, 0.3) is 16.6 Å². The third-order valence-electron chi connectivity index (χ3n) is 5.49. The summed E-state index contributed by atoms with van der Waals surface area (Å²) in [5.41, 5.74) is 3.93. The highest BCUT2D eigenvalue weighted by molar-refractivity contribution is 7.99. The molecule has 0 saturated carbocycles. The average Bonchev–Trinajstić information content (AvgIpc) is 2.84. The first kappa shape index (κ1) is 23.4. The number of fused-ring (bicyclic) bond motifs is 1. The first-order valence-electron chi connectivity index (χ1n) is 10.7. The summed E-state index contributed by atoms with van der Waals surface area (Å²) in [6.07, 6.45) is 0. The van der Waals surface area contributed by atoms with Gasteiger partial charge in [-0.15, -0.1) is 0 Å². The lowest BCUT2D eigenvalue weighted by Crippen LogP contribution is -2.23. The van der Waals surface area contributed by atoms with Gasteiger partial charge in [0.15, 0.2) is 16.7 Å². The maximum absolute atomic E-state index is 13.4. The number of carbonyl (C=O) groups excluding carboxylic acids is 1. The highest BCUT2D eigenvalue weighted by Crippen LogP contribution is 2.30. The molecule has 4 rings (SSSR count). The third kappa shape index (κ3) is 4.77. The number of hydrogen-bond acceptors (Lipinski definition) is 6. The van der Waals surface area contributed by atoms with E-state index >= 15 is 0 Å². The fourth-order valence-corrected chi connectivity index (χ4v) is 4.36. The van der Waals surface area contributed by atoms with Gasteiger partial charge in [0.05, 0.1) is 36.6 Å². The van der Waals surface area contributed by atoms with Gasteiger partial charge in [0.2, 0.25) is 5.91 Å². The van der Waals surface area contributed by atoms with Crippen molar-refractivity contribution >= 4 is 34.3 Å². The Balaban J connectivity index is 1.64. The molecule has 1 aromatic heterocycles. The molecule has 1 amide bonds. The number of methoxy groups -OCH3 is 2. The van der Waals surface area contributed by atoms with Crippen molar-refractivity contribution in [2.45, 2.75) is 19.0 Å². The van der Waals surface area contributed by atoms with Gasteiger partial charge in [0, 0.05) is 11.8 Å². The van der Waals surface area contributed by atoms with Crippen molar-refractivity contribution in [3.05, 3.63) is 82.1 Å². The van der Waals surface area contributed by atoms with Gasteiger partial charge in [0.25, 0.3) is 5.56 Å². The van der Waals surface area contributed by atoms with E-state index in [1.54, 1.807) is 42.0 Å². The summed E-state index contributed by atoms with van der Waals surface area (Å²) in [6.45, 7) is 4.02. The summed E-state index contributed by atoms with van der Waals surface area (Å²) < 4.78 is 12.1. The SMILES string of the molecule is COc1ccc(NC(=O)CSc2nc3ccccc3c(=O)n2-c2ccc(C)c(C)c2)cc1OC. The second-order valence-electron chi connectivity index (χ2n) is 7.73. The fourth-order valence-electron chi connectivity index (χ4n) is 3.54. The molecule has 4 aromatic rings. The lowest BCUT2D eigenvalue weighted by atomic mass is 10.1. The zero-order chi connectivity index (χ0) is 24.2. The maximum atomic E-state index is 13.4. The number of hydrogen-bond donors (Lipinski definition) is 1. The first-order valence-corrected chi connectivity index (χ1v) is 11.6. The monoisotopic (exact) mass is 475 g/mol. The van der Waals surface area contributed by atoms with Crippen LogP contribution in [0.3, 0.4) is 0 Å². The minimum absolute atomic E-state index is 0.0734. The summed E-state index contributed by atoms with van der Waals surface area (Å²) in [4.78, 5) is 30.8. The van der Waals surface area contributed by atoms with Crippen molar-refractivity contribution in [1.29, 1.82) is 0 Å². The Bertz CT molecular complexity index is 1430. The molecule has 0 spiro atoms. The van der Waals surface area contributed by atoms with Crippen LogP contribution >= 0.6 is 11.8 Å². The van der Waals surface area contributed by atoms with E-state index in [0.29, 0.717) is 38.9 Å². The largest absolute Gasteiger partial charge is 0.493 e. The molecule has 8 heteroatoms. The van der Waals surface area contributed by atoms with E-state index in [9.17, 15) is 9.59 Å². The first-order chi connectivity index (χ1) is 16.4. The smallest absolute Gasteiger partial charge is 0.266 e. The van der Waals surface area contributed by atoms with Gasteiger partial charge >= 0.3 is 0 Å². The molecule has 0 aliphatic heterocycles. The van der Waals surface area contributed by atoms with Crippen molar-refractivity contribution < 1.29 is 14.3 Å². The van der Waals surface area contributed by atoms with Gasteiger partial charge < -0.3 is 14.8 Å². The number of amides is 1. The zero-order valence-electron chi connectivity index (χ0n) is 19.4. The molecule has 0 aliphatic rings. The van der Waals surface area contributed by atoms with Gasteiger partial charge in [-0.1, -0.05) is 30.0 Å². The minimum Gasteiger partial charge on any atom is -0.493 e. The molecule has 0 radical (unpaired) electrons. The Labute approximate surface area is 201 Å². The Hall–Kier alpha value is -3.78. The standard InChI is InChI=1S/C26H25N3O4S/c1-16-9-11-19(13-17(16)2)29-25(31)20-7-5-6-8-21(20)28-26(29)34-15-24(30)27-18-10-12-22(32-3)23(14-18)33-4/h5-14H,15H2,1-4H3,(H,27,30). The molecule has 0 bridgehead atoms. The number of anilines is 1. The molecule has 0 atom stereocenters. The number of ether oxygens (including phenoxy) is 2. The zero-order valence-corrected chi connectivity index (χ0v) is 20.2.